The summed E-state index contributed by atoms with van der Waals surface area (Å²) in [6.45, 7) is 4.41. The van der Waals surface area contributed by atoms with Gasteiger partial charge in [0.05, 0.1) is 29.4 Å². The van der Waals surface area contributed by atoms with Crippen LogP contribution >= 0.6 is 22.7 Å². The Morgan fingerprint density at radius 3 is 2.84 bits per heavy atom. The van der Waals surface area contributed by atoms with Gasteiger partial charge in [-0.25, -0.2) is 9.97 Å². The highest BCUT2D eigenvalue weighted by Gasteiger charge is 2.10. The molecule has 0 spiro atoms. The molecular weight excluding hydrogens is 280 g/mol. The molecule has 102 valence electrons. The number of nitrogens with two attached hydrogens (primary N) is 1. The first kappa shape index (κ1) is 14.0. The molecule has 2 heterocycles. The Morgan fingerprint density at radius 2 is 2.26 bits per heavy atom. The van der Waals surface area contributed by atoms with E-state index < -0.39 is 0 Å². The van der Waals surface area contributed by atoms with Gasteiger partial charge in [-0.05, 0) is 13.3 Å². The van der Waals surface area contributed by atoms with Crippen LogP contribution in [-0.2, 0) is 24.2 Å². The van der Waals surface area contributed by atoms with Crippen molar-refractivity contribution in [3.63, 3.8) is 0 Å². The number of aryl methyl sites for hydroxylation is 2. The normalized spacial score (nSPS) is 10.6. The van der Waals surface area contributed by atoms with E-state index in [0.29, 0.717) is 18.1 Å². The summed E-state index contributed by atoms with van der Waals surface area (Å²) in [5.74, 6) is -0.0298. The van der Waals surface area contributed by atoms with Crippen molar-refractivity contribution in [2.24, 2.45) is 0 Å². The molecule has 0 aliphatic rings. The molecule has 0 aliphatic carbocycles. The summed E-state index contributed by atoms with van der Waals surface area (Å²) in [6, 6.07) is 0. The third-order valence-corrected chi connectivity index (χ3v) is 4.63. The second-order valence-electron chi connectivity index (χ2n) is 4.10. The third-order valence-electron chi connectivity index (χ3n) is 2.60. The molecule has 2 aromatic rings. The number of aromatic nitrogens is 2. The lowest BCUT2D eigenvalue weighted by atomic mass is 10.3. The Labute approximate surface area is 119 Å². The molecule has 0 atom stereocenters. The first-order valence-electron chi connectivity index (χ1n) is 6.00. The number of nitrogens with one attached hydrogen (secondary N) is 1. The van der Waals surface area contributed by atoms with Crippen LogP contribution in [-0.4, -0.2) is 15.9 Å². The van der Waals surface area contributed by atoms with Gasteiger partial charge in [0.2, 0.25) is 5.91 Å². The monoisotopic (exact) mass is 296 g/mol. The number of hydrogen-bond donors (Lipinski definition) is 2. The van der Waals surface area contributed by atoms with Crippen LogP contribution in [0.1, 0.15) is 28.2 Å². The minimum atomic E-state index is -0.0298. The molecule has 1 amide bonds. The van der Waals surface area contributed by atoms with E-state index in [1.165, 1.54) is 11.3 Å². The molecule has 0 unspecified atom stereocenters. The maximum atomic E-state index is 11.8. The van der Waals surface area contributed by atoms with Crippen molar-refractivity contribution in [2.75, 3.05) is 5.73 Å². The Bertz CT molecular complexity index is 576. The number of carbonyl (C=O) groups is 1. The van der Waals surface area contributed by atoms with Crippen LogP contribution in [0.4, 0.5) is 5.13 Å². The molecule has 0 saturated heterocycles. The fourth-order valence-corrected chi connectivity index (χ4v) is 3.18. The summed E-state index contributed by atoms with van der Waals surface area (Å²) >= 11 is 2.99. The maximum absolute atomic E-state index is 11.8. The number of carbonyl (C=O) groups excluding carboxylic acids is 1. The molecule has 0 aromatic carbocycles. The van der Waals surface area contributed by atoms with Crippen molar-refractivity contribution in [3.05, 3.63) is 26.7 Å². The van der Waals surface area contributed by atoms with Crippen molar-refractivity contribution in [1.29, 1.82) is 0 Å². The first-order chi connectivity index (χ1) is 9.08. The van der Waals surface area contributed by atoms with Gasteiger partial charge in [0.25, 0.3) is 0 Å². The molecule has 19 heavy (non-hydrogen) atoms. The Balaban J connectivity index is 1.86. The summed E-state index contributed by atoms with van der Waals surface area (Å²) < 4.78 is 0. The zero-order valence-corrected chi connectivity index (χ0v) is 12.5. The zero-order valence-electron chi connectivity index (χ0n) is 10.9. The Morgan fingerprint density at radius 1 is 1.47 bits per heavy atom. The minimum Gasteiger partial charge on any atom is -0.375 e. The van der Waals surface area contributed by atoms with Crippen LogP contribution in [0.2, 0.25) is 0 Å². The summed E-state index contributed by atoms with van der Waals surface area (Å²) in [6.07, 6.45) is 1.25. The lowest BCUT2D eigenvalue weighted by Gasteiger charge is -2.02. The fourth-order valence-electron chi connectivity index (χ4n) is 1.60. The van der Waals surface area contributed by atoms with Crippen LogP contribution in [0, 0.1) is 6.92 Å². The number of amides is 1. The topological polar surface area (TPSA) is 80.9 Å². The van der Waals surface area contributed by atoms with E-state index in [9.17, 15) is 4.79 Å². The van der Waals surface area contributed by atoms with E-state index in [1.807, 2.05) is 12.3 Å². The van der Waals surface area contributed by atoms with Crippen molar-refractivity contribution >= 4 is 33.7 Å². The van der Waals surface area contributed by atoms with Gasteiger partial charge in [0.1, 0.15) is 0 Å². The predicted molar refractivity (Wildman–Crippen MR) is 78.3 cm³/mol. The average Bonchev–Trinajstić information content (AvgIpc) is 2.94. The van der Waals surface area contributed by atoms with Crippen LogP contribution < -0.4 is 11.1 Å². The molecular formula is C12H16N4OS2. The van der Waals surface area contributed by atoms with E-state index in [4.69, 9.17) is 5.73 Å². The molecule has 0 saturated carbocycles. The van der Waals surface area contributed by atoms with Crippen molar-refractivity contribution < 1.29 is 4.79 Å². The van der Waals surface area contributed by atoms with Gasteiger partial charge in [-0.2, -0.15) is 0 Å². The fraction of sp³-hybridized carbons (Fsp3) is 0.417. The zero-order chi connectivity index (χ0) is 13.8. The number of rotatable bonds is 5. The number of thiazole rings is 2. The Kier molecular flexibility index (Phi) is 4.49. The van der Waals surface area contributed by atoms with Gasteiger partial charge in [-0.1, -0.05) is 6.92 Å². The highest BCUT2D eigenvalue weighted by molar-refractivity contribution is 7.15. The van der Waals surface area contributed by atoms with Gasteiger partial charge in [0.15, 0.2) is 5.13 Å². The highest BCUT2D eigenvalue weighted by Crippen LogP contribution is 2.20. The molecule has 0 bridgehead atoms. The molecule has 0 aliphatic heterocycles. The third kappa shape index (κ3) is 3.74. The van der Waals surface area contributed by atoms with Crippen molar-refractivity contribution in [3.8, 4) is 0 Å². The lowest BCUT2D eigenvalue weighted by Crippen LogP contribution is -2.24. The standard InChI is InChI=1S/C12H16N4OS2/c1-3-11-16-8(6-18-11)5-14-10(17)4-9-7(2)15-12(13)19-9/h6H,3-5H2,1-2H3,(H2,13,15)(H,14,17). The van der Waals surface area contributed by atoms with E-state index in [0.717, 1.165) is 27.7 Å². The summed E-state index contributed by atoms with van der Waals surface area (Å²) in [5.41, 5.74) is 7.35. The largest absolute Gasteiger partial charge is 0.375 e. The molecule has 7 heteroatoms. The highest BCUT2D eigenvalue weighted by atomic mass is 32.1. The maximum Gasteiger partial charge on any atom is 0.225 e. The van der Waals surface area contributed by atoms with Gasteiger partial charge in [-0.15, -0.1) is 22.7 Å². The van der Waals surface area contributed by atoms with Crippen LogP contribution in [0.25, 0.3) is 0 Å². The van der Waals surface area contributed by atoms with Gasteiger partial charge < -0.3 is 11.1 Å². The van der Waals surface area contributed by atoms with Gasteiger partial charge >= 0.3 is 0 Å². The number of anilines is 1. The van der Waals surface area contributed by atoms with Crippen molar-refractivity contribution in [1.82, 2.24) is 15.3 Å². The molecule has 2 aromatic heterocycles. The minimum absolute atomic E-state index is 0.0298. The summed E-state index contributed by atoms with van der Waals surface area (Å²) in [7, 11) is 0. The second kappa shape index (κ2) is 6.12. The average molecular weight is 296 g/mol. The quantitative estimate of drug-likeness (QED) is 0.883. The van der Waals surface area contributed by atoms with E-state index in [-0.39, 0.29) is 5.91 Å². The van der Waals surface area contributed by atoms with Crippen LogP contribution in [0.15, 0.2) is 5.38 Å². The molecule has 5 nitrogen and oxygen atoms in total. The first-order valence-corrected chi connectivity index (χ1v) is 7.69. The van der Waals surface area contributed by atoms with E-state index in [1.54, 1.807) is 11.3 Å². The van der Waals surface area contributed by atoms with Crippen LogP contribution in [0.3, 0.4) is 0 Å². The van der Waals surface area contributed by atoms with E-state index >= 15 is 0 Å². The number of nitrogens with zero attached hydrogens (tertiary/aromatic N) is 2. The number of hydrogen-bond acceptors (Lipinski definition) is 6. The molecule has 0 fully saturated rings. The smallest absolute Gasteiger partial charge is 0.225 e. The molecule has 3 N–H and O–H groups in total. The SMILES string of the molecule is CCc1nc(CNC(=O)Cc2sc(N)nc2C)cs1. The second-order valence-corrected chi connectivity index (χ2v) is 6.16. The Hall–Kier alpha value is -1.47. The lowest BCUT2D eigenvalue weighted by molar-refractivity contribution is -0.120. The molecule has 0 radical (unpaired) electrons. The van der Waals surface area contributed by atoms with Crippen molar-refractivity contribution in [2.45, 2.75) is 33.2 Å². The summed E-state index contributed by atoms with van der Waals surface area (Å²) in [5, 5.41) is 6.45. The number of nitrogen functional groups attached to an aromatic ring is 1. The predicted octanol–water partition coefficient (Wildman–Crippen LogP) is 1.91. The summed E-state index contributed by atoms with van der Waals surface area (Å²) in [4.78, 5) is 21.3. The van der Waals surface area contributed by atoms with Gasteiger partial charge in [-0.3, -0.25) is 4.79 Å². The van der Waals surface area contributed by atoms with E-state index in [2.05, 4.69) is 22.2 Å². The van der Waals surface area contributed by atoms with Crippen LogP contribution in [0.5, 0.6) is 0 Å². The van der Waals surface area contributed by atoms with Gasteiger partial charge in [0, 0.05) is 10.3 Å². The molecule has 2 rings (SSSR count).